The fourth-order valence-corrected chi connectivity index (χ4v) is 1.94. The number of ether oxygens (including phenoxy) is 1. The molecule has 0 bridgehead atoms. The quantitative estimate of drug-likeness (QED) is 0.742. The van der Waals surface area contributed by atoms with Crippen molar-refractivity contribution in [1.82, 2.24) is 19.9 Å². The number of fused-ring (bicyclic) bond motifs is 1. The van der Waals surface area contributed by atoms with E-state index in [2.05, 4.69) is 35.9 Å². The fraction of sp³-hybridized carbons (Fsp3) is 0.0769. The van der Waals surface area contributed by atoms with Crippen LogP contribution < -0.4 is 10.3 Å². The number of nitrogens with zero attached hydrogens (tertiary/aromatic N) is 3. The Bertz CT molecular complexity index is 801. The Labute approximate surface area is 122 Å². The van der Waals surface area contributed by atoms with E-state index in [1.165, 1.54) is 0 Å². The molecule has 3 heterocycles. The first kappa shape index (κ1) is 12.7. The van der Waals surface area contributed by atoms with E-state index in [0.717, 1.165) is 4.60 Å². The lowest BCUT2D eigenvalue weighted by Crippen LogP contribution is -2.13. The van der Waals surface area contributed by atoms with Crippen molar-refractivity contribution in [3.63, 3.8) is 0 Å². The van der Waals surface area contributed by atoms with Gasteiger partial charge >= 0.3 is 0 Å². The molecule has 6 nitrogen and oxygen atoms in total. The average Bonchev–Trinajstić information content (AvgIpc) is 2.47. The molecule has 0 amide bonds. The molecular weight excluding hydrogens is 324 g/mol. The standard InChI is InChI=1S/C13H9BrN4O2/c14-11-2-1-8(5-16-11)20-7-12-17-10-6-15-4-3-9(10)13(19)18-12/h1-6H,7H2,(H,17,18,19). The number of rotatable bonds is 3. The number of aromatic nitrogens is 4. The summed E-state index contributed by atoms with van der Waals surface area (Å²) in [5, 5.41) is 0.508. The van der Waals surface area contributed by atoms with Crippen molar-refractivity contribution in [2.24, 2.45) is 0 Å². The topological polar surface area (TPSA) is 80.8 Å². The van der Waals surface area contributed by atoms with Gasteiger partial charge in [0.15, 0.2) is 0 Å². The summed E-state index contributed by atoms with van der Waals surface area (Å²) in [5.41, 5.74) is 0.341. The van der Waals surface area contributed by atoms with Crippen molar-refractivity contribution in [3.05, 3.63) is 57.6 Å². The van der Waals surface area contributed by atoms with Gasteiger partial charge in [-0.3, -0.25) is 9.78 Å². The SMILES string of the molecule is O=c1[nH]c(COc2ccc(Br)nc2)nc2cnccc12. The monoisotopic (exact) mass is 332 g/mol. The Morgan fingerprint density at radius 3 is 2.95 bits per heavy atom. The summed E-state index contributed by atoms with van der Waals surface area (Å²) >= 11 is 3.24. The van der Waals surface area contributed by atoms with E-state index in [1.807, 2.05) is 0 Å². The molecule has 0 aliphatic carbocycles. The molecule has 0 radical (unpaired) electrons. The Kier molecular flexibility index (Phi) is 3.42. The molecular formula is C13H9BrN4O2. The first-order valence-corrected chi connectivity index (χ1v) is 6.59. The molecule has 7 heteroatoms. The van der Waals surface area contributed by atoms with Crippen LogP contribution in [0.15, 0.2) is 46.2 Å². The van der Waals surface area contributed by atoms with Crippen LogP contribution in [0.4, 0.5) is 0 Å². The van der Waals surface area contributed by atoms with Gasteiger partial charge in [0.05, 0.1) is 23.3 Å². The molecule has 0 aliphatic heterocycles. The maximum atomic E-state index is 11.9. The summed E-state index contributed by atoms with van der Waals surface area (Å²) in [4.78, 5) is 26.8. The Balaban J connectivity index is 1.84. The second kappa shape index (κ2) is 5.38. The van der Waals surface area contributed by atoms with Crippen LogP contribution in [0.5, 0.6) is 5.75 Å². The maximum absolute atomic E-state index is 11.9. The zero-order valence-electron chi connectivity index (χ0n) is 10.2. The predicted octanol–water partition coefficient (Wildman–Crippen LogP) is 2.05. The van der Waals surface area contributed by atoms with Crippen LogP contribution >= 0.6 is 15.9 Å². The van der Waals surface area contributed by atoms with E-state index < -0.39 is 0 Å². The lowest BCUT2D eigenvalue weighted by molar-refractivity contribution is 0.294. The van der Waals surface area contributed by atoms with Crippen molar-refractivity contribution < 1.29 is 4.74 Å². The Hall–Kier alpha value is -2.28. The molecule has 20 heavy (non-hydrogen) atoms. The molecule has 0 atom stereocenters. The van der Waals surface area contributed by atoms with Crippen molar-refractivity contribution in [2.75, 3.05) is 0 Å². The lowest BCUT2D eigenvalue weighted by Gasteiger charge is -2.05. The van der Waals surface area contributed by atoms with Gasteiger partial charge in [-0.15, -0.1) is 0 Å². The normalized spacial score (nSPS) is 10.7. The lowest BCUT2D eigenvalue weighted by atomic mass is 10.3. The molecule has 0 saturated heterocycles. The minimum atomic E-state index is -0.204. The predicted molar refractivity (Wildman–Crippen MR) is 76.4 cm³/mol. The molecule has 0 spiro atoms. The van der Waals surface area contributed by atoms with Crippen molar-refractivity contribution >= 4 is 26.8 Å². The van der Waals surface area contributed by atoms with Gasteiger partial charge in [-0.05, 0) is 34.1 Å². The average molecular weight is 333 g/mol. The highest BCUT2D eigenvalue weighted by Crippen LogP contribution is 2.13. The van der Waals surface area contributed by atoms with E-state index in [4.69, 9.17) is 4.74 Å². The van der Waals surface area contributed by atoms with Gasteiger partial charge in [0.2, 0.25) is 0 Å². The van der Waals surface area contributed by atoms with E-state index in [1.54, 1.807) is 36.8 Å². The van der Waals surface area contributed by atoms with Gasteiger partial charge in [-0.2, -0.15) is 0 Å². The highest BCUT2D eigenvalue weighted by molar-refractivity contribution is 9.10. The Morgan fingerprint density at radius 1 is 1.25 bits per heavy atom. The van der Waals surface area contributed by atoms with Crippen LogP contribution in [0.1, 0.15) is 5.82 Å². The molecule has 3 aromatic heterocycles. The number of pyridine rings is 2. The van der Waals surface area contributed by atoms with Gasteiger partial charge in [0.1, 0.15) is 22.8 Å². The third-order valence-corrected chi connectivity index (χ3v) is 3.10. The summed E-state index contributed by atoms with van der Waals surface area (Å²) < 4.78 is 6.24. The molecule has 0 saturated carbocycles. The third kappa shape index (κ3) is 2.67. The summed E-state index contributed by atoms with van der Waals surface area (Å²) in [6.07, 6.45) is 4.70. The fourth-order valence-electron chi connectivity index (χ4n) is 1.71. The number of nitrogens with one attached hydrogen (secondary N) is 1. The van der Waals surface area contributed by atoms with Gasteiger partial charge in [-0.1, -0.05) is 0 Å². The van der Waals surface area contributed by atoms with E-state index in [9.17, 15) is 4.79 Å². The van der Waals surface area contributed by atoms with Crippen LogP contribution in [-0.4, -0.2) is 19.9 Å². The molecule has 0 aromatic carbocycles. The first-order chi connectivity index (χ1) is 9.72. The van der Waals surface area contributed by atoms with Crippen LogP contribution in [-0.2, 0) is 6.61 Å². The third-order valence-electron chi connectivity index (χ3n) is 2.63. The van der Waals surface area contributed by atoms with Gasteiger partial charge in [0.25, 0.3) is 5.56 Å². The molecule has 1 N–H and O–H groups in total. The molecule has 3 aromatic rings. The first-order valence-electron chi connectivity index (χ1n) is 5.79. The van der Waals surface area contributed by atoms with E-state index in [0.29, 0.717) is 22.5 Å². The molecule has 3 rings (SSSR count). The van der Waals surface area contributed by atoms with Gasteiger partial charge in [-0.25, -0.2) is 9.97 Å². The van der Waals surface area contributed by atoms with E-state index in [-0.39, 0.29) is 12.2 Å². The summed E-state index contributed by atoms with van der Waals surface area (Å²) in [6, 6.07) is 5.18. The van der Waals surface area contributed by atoms with Crippen LogP contribution in [0.25, 0.3) is 10.9 Å². The highest BCUT2D eigenvalue weighted by Gasteiger charge is 2.04. The highest BCUT2D eigenvalue weighted by atomic mass is 79.9. The van der Waals surface area contributed by atoms with Crippen molar-refractivity contribution in [1.29, 1.82) is 0 Å². The van der Waals surface area contributed by atoms with Gasteiger partial charge < -0.3 is 9.72 Å². The van der Waals surface area contributed by atoms with Crippen molar-refractivity contribution in [2.45, 2.75) is 6.61 Å². The minimum Gasteiger partial charge on any atom is -0.484 e. The van der Waals surface area contributed by atoms with Crippen molar-refractivity contribution in [3.8, 4) is 5.75 Å². The molecule has 100 valence electrons. The number of aromatic amines is 1. The summed E-state index contributed by atoms with van der Waals surface area (Å²) in [5.74, 6) is 1.04. The smallest absolute Gasteiger partial charge is 0.258 e. The van der Waals surface area contributed by atoms with E-state index >= 15 is 0 Å². The maximum Gasteiger partial charge on any atom is 0.258 e. The number of hydrogen-bond acceptors (Lipinski definition) is 5. The molecule has 0 unspecified atom stereocenters. The van der Waals surface area contributed by atoms with Gasteiger partial charge in [0, 0.05) is 6.20 Å². The zero-order valence-corrected chi connectivity index (χ0v) is 11.8. The van der Waals surface area contributed by atoms with Crippen LogP contribution in [0.3, 0.4) is 0 Å². The van der Waals surface area contributed by atoms with Crippen LogP contribution in [0, 0.1) is 0 Å². The number of hydrogen-bond donors (Lipinski definition) is 1. The minimum absolute atomic E-state index is 0.156. The molecule has 0 fully saturated rings. The zero-order chi connectivity index (χ0) is 13.9. The Morgan fingerprint density at radius 2 is 2.15 bits per heavy atom. The molecule has 0 aliphatic rings. The summed E-state index contributed by atoms with van der Waals surface area (Å²) in [7, 11) is 0. The second-order valence-corrected chi connectivity index (χ2v) is 4.82. The number of H-pyrrole nitrogens is 1. The van der Waals surface area contributed by atoms with Crippen LogP contribution in [0.2, 0.25) is 0 Å². The second-order valence-electron chi connectivity index (χ2n) is 4.01. The number of halogens is 1. The summed E-state index contributed by atoms with van der Waals surface area (Å²) in [6.45, 7) is 0.156. The largest absolute Gasteiger partial charge is 0.484 e.